The molecule has 2 fully saturated rings. The molecular weight excluding hydrogens is 241 g/mol. The van der Waals surface area contributed by atoms with Crippen LogP contribution in [0.25, 0.3) is 0 Å². The van der Waals surface area contributed by atoms with Crippen LogP contribution in [0.4, 0.5) is 13.2 Å². The van der Waals surface area contributed by atoms with Crippen LogP contribution in [-0.4, -0.2) is 42.3 Å². The minimum Gasteiger partial charge on any atom is -0.308 e. The molecule has 2 nitrogen and oxygen atoms in total. The molecule has 106 valence electrons. The zero-order chi connectivity index (χ0) is 13.2. The van der Waals surface area contributed by atoms with Crippen molar-refractivity contribution in [2.45, 2.75) is 63.2 Å². The van der Waals surface area contributed by atoms with Gasteiger partial charge in [0.25, 0.3) is 0 Å². The highest BCUT2D eigenvalue weighted by molar-refractivity contribution is 5.00. The molecule has 0 bridgehead atoms. The number of halogens is 3. The molecule has 0 aromatic rings. The van der Waals surface area contributed by atoms with E-state index < -0.39 is 12.6 Å². The van der Waals surface area contributed by atoms with Crippen molar-refractivity contribution in [2.24, 2.45) is 0 Å². The first-order chi connectivity index (χ1) is 8.44. The maximum Gasteiger partial charge on any atom is 0.390 e. The Hall–Kier alpha value is -0.290. The van der Waals surface area contributed by atoms with E-state index in [0.717, 1.165) is 32.4 Å². The Morgan fingerprint density at radius 2 is 1.94 bits per heavy atom. The lowest BCUT2D eigenvalue weighted by Crippen LogP contribution is -2.63. The van der Waals surface area contributed by atoms with Crippen LogP contribution in [0.3, 0.4) is 0 Å². The van der Waals surface area contributed by atoms with Gasteiger partial charge >= 0.3 is 6.18 Å². The van der Waals surface area contributed by atoms with E-state index in [9.17, 15) is 13.2 Å². The normalized spacial score (nSPS) is 29.0. The standard InChI is InChI=1S/C13H23F3N2/c1-2-11-9-17-12(5-3-4-6-12)10-18(11)8-7-13(14,15)16/h11,17H,2-10H2,1H3. The number of piperazine rings is 1. The lowest BCUT2D eigenvalue weighted by molar-refractivity contribution is -0.140. The summed E-state index contributed by atoms with van der Waals surface area (Å²) in [4.78, 5) is 2.06. The van der Waals surface area contributed by atoms with Crippen molar-refractivity contribution in [1.82, 2.24) is 10.2 Å². The molecule has 1 saturated heterocycles. The van der Waals surface area contributed by atoms with Crippen molar-refractivity contribution in [3.05, 3.63) is 0 Å². The van der Waals surface area contributed by atoms with Crippen LogP contribution in [0.2, 0.25) is 0 Å². The van der Waals surface area contributed by atoms with E-state index in [1.807, 2.05) is 0 Å². The van der Waals surface area contributed by atoms with Gasteiger partial charge in [0.15, 0.2) is 0 Å². The summed E-state index contributed by atoms with van der Waals surface area (Å²) in [7, 11) is 0. The molecule has 5 heteroatoms. The molecule has 2 rings (SSSR count). The van der Waals surface area contributed by atoms with Gasteiger partial charge in [0, 0.05) is 31.2 Å². The minimum atomic E-state index is -4.04. The van der Waals surface area contributed by atoms with Gasteiger partial charge in [-0.2, -0.15) is 13.2 Å². The van der Waals surface area contributed by atoms with Crippen molar-refractivity contribution < 1.29 is 13.2 Å². The third-order valence-electron chi connectivity index (χ3n) is 4.45. The summed E-state index contributed by atoms with van der Waals surface area (Å²) in [5.74, 6) is 0. The number of nitrogens with zero attached hydrogens (tertiary/aromatic N) is 1. The Labute approximate surface area is 107 Å². The maximum atomic E-state index is 12.4. The van der Waals surface area contributed by atoms with Gasteiger partial charge in [-0.3, -0.25) is 4.90 Å². The average molecular weight is 264 g/mol. The molecule has 1 saturated carbocycles. The molecule has 1 aliphatic heterocycles. The SMILES string of the molecule is CCC1CNC2(CCCC2)CN1CCC(F)(F)F. The molecule has 1 aliphatic carbocycles. The van der Waals surface area contributed by atoms with Gasteiger partial charge in [-0.25, -0.2) is 0 Å². The third kappa shape index (κ3) is 3.38. The van der Waals surface area contributed by atoms with Crippen LogP contribution in [0, 0.1) is 0 Å². The topological polar surface area (TPSA) is 15.3 Å². The van der Waals surface area contributed by atoms with E-state index >= 15 is 0 Å². The first kappa shape index (κ1) is 14.1. The molecular formula is C13H23F3N2. The van der Waals surface area contributed by atoms with E-state index in [0.29, 0.717) is 0 Å². The monoisotopic (exact) mass is 264 g/mol. The van der Waals surface area contributed by atoms with Gasteiger partial charge in [-0.1, -0.05) is 19.8 Å². The number of hydrogen-bond acceptors (Lipinski definition) is 2. The molecule has 1 heterocycles. The third-order valence-corrected chi connectivity index (χ3v) is 4.45. The smallest absolute Gasteiger partial charge is 0.308 e. The van der Waals surface area contributed by atoms with Crippen LogP contribution < -0.4 is 5.32 Å². The fourth-order valence-electron chi connectivity index (χ4n) is 3.36. The Morgan fingerprint density at radius 3 is 2.50 bits per heavy atom. The highest BCUT2D eigenvalue weighted by Crippen LogP contribution is 2.34. The number of alkyl halides is 3. The van der Waals surface area contributed by atoms with Gasteiger partial charge in [0.05, 0.1) is 6.42 Å². The zero-order valence-corrected chi connectivity index (χ0v) is 11.0. The Bertz CT molecular complexity index is 272. The van der Waals surface area contributed by atoms with Gasteiger partial charge in [-0.15, -0.1) is 0 Å². The maximum absolute atomic E-state index is 12.4. The molecule has 1 atom stereocenters. The summed E-state index contributed by atoms with van der Waals surface area (Å²) in [5.41, 5.74) is 0.108. The fraction of sp³-hybridized carbons (Fsp3) is 1.00. The summed E-state index contributed by atoms with van der Waals surface area (Å²) in [6.45, 7) is 3.85. The largest absolute Gasteiger partial charge is 0.390 e. The Morgan fingerprint density at radius 1 is 1.28 bits per heavy atom. The Balaban J connectivity index is 1.95. The van der Waals surface area contributed by atoms with Crippen LogP contribution in [-0.2, 0) is 0 Å². The number of rotatable bonds is 3. The zero-order valence-electron chi connectivity index (χ0n) is 11.0. The molecule has 18 heavy (non-hydrogen) atoms. The van der Waals surface area contributed by atoms with Gasteiger partial charge in [0.1, 0.15) is 0 Å². The molecule has 0 aromatic heterocycles. The summed E-state index contributed by atoms with van der Waals surface area (Å²) in [6.07, 6.45) is 0.845. The second kappa shape index (κ2) is 5.37. The predicted octanol–water partition coefficient (Wildman–Crippen LogP) is 2.94. The highest BCUT2D eigenvalue weighted by atomic mass is 19.4. The second-order valence-corrected chi connectivity index (χ2v) is 5.77. The van der Waals surface area contributed by atoms with Crippen LogP contribution >= 0.6 is 0 Å². The summed E-state index contributed by atoms with van der Waals surface area (Å²) in [5, 5.41) is 3.60. The second-order valence-electron chi connectivity index (χ2n) is 5.77. The minimum absolute atomic E-state index is 0.108. The molecule has 1 unspecified atom stereocenters. The summed E-state index contributed by atoms with van der Waals surface area (Å²) in [6, 6.07) is 0.263. The lowest BCUT2D eigenvalue weighted by atomic mass is 9.91. The molecule has 1 spiro atoms. The van der Waals surface area contributed by atoms with E-state index in [4.69, 9.17) is 0 Å². The van der Waals surface area contributed by atoms with Crippen LogP contribution in [0.5, 0.6) is 0 Å². The van der Waals surface area contributed by atoms with Gasteiger partial charge < -0.3 is 5.32 Å². The first-order valence-electron chi connectivity index (χ1n) is 7.00. The van der Waals surface area contributed by atoms with Crippen molar-refractivity contribution in [3.8, 4) is 0 Å². The fourth-order valence-corrected chi connectivity index (χ4v) is 3.36. The first-order valence-corrected chi connectivity index (χ1v) is 7.00. The molecule has 2 aliphatic rings. The summed E-state index contributed by atoms with van der Waals surface area (Å²) < 4.78 is 37.1. The number of hydrogen-bond donors (Lipinski definition) is 1. The Kier molecular flexibility index (Phi) is 4.22. The quantitative estimate of drug-likeness (QED) is 0.843. The van der Waals surface area contributed by atoms with Crippen LogP contribution in [0.1, 0.15) is 45.4 Å². The van der Waals surface area contributed by atoms with Crippen molar-refractivity contribution >= 4 is 0 Å². The molecule has 0 amide bonds. The summed E-state index contributed by atoms with van der Waals surface area (Å²) >= 11 is 0. The molecule has 0 aromatic carbocycles. The highest BCUT2D eigenvalue weighted by Gasteiger charge is 2.41. The van der Waals surface area contributed by atoms with E-state index in [2.05, 4.69) is 17.1 Å². The lowest BCUT2D eigenvalue weighted by Gasteiger charge is -2.46. The number of nitrogens with one attached hydrogen (secondary N) is 1. The van der Waals surface area contributed by atoms with E-state index in [-0.39, 0.29) is 18.1 Å². The van der Waals surface area contributed by atoms with Crippen molar-refractivity contribution in [3.63, 3.8) is 0 Å². The molecule has 1 N–H and O–H groups in total. The van der Waals surface area contributed by atoms with Crippen molar-refractivity contribution in [2.75, 3.05) is 19.6 Å². The molecule has 0 radical (unpaired) electrons. The van der Waals surface area contributed by atoms with E-state index in [1.165, 1.54) is 12.8 Å². The predicted molar refractivity (Wildman–Crippen MR) is 65.5 cm³/mol. The van der Waals surface area contributed by atoms with Crippen LogP contribution in [0.15, 0.2) is 0 Å². The average Bonchev–Trinajstić information content (AvgIpc) is 2.74. The van der Waals surface area contributed by atoms with Crippen molar-refractivity contribution in [1.29, 1.82) is 0 Å². The van der Waals surface area contributed by atoms with Gasteiger partial charge in [-0.05, 0) is 19.3 Å². The van der Waals surface area contributed by atoms with E-state index in [1.54, 1.807) is 0 Å². The van der Waals surface area contributed by atoms with Gasteiger partial charge in [0.2, 0.25) is 0 Å².